The van der Waals surface area contributed by atoms with Crippen molar-refractivity contribution in [3.8, 4) is 0 Å². The van der Waals surface area contributed by atoms with Gasteiger partial charge in [-0.15, -0.1) is 0 Å². The third-order valence-electron chi connectivity index (χ3n) is 5.13. The van der Waals surface area contributed by atoms with Crippen molar-refractivity contribution in [2.24, 2.45) is 0 Å². The Balaban J connectivity index is 1.63. The Morgan fingerprint density at radius 2 is 1.90 bits per heavy atom. The van der Waals surface area contributed by atoms with Crippen molar-refractivity contribution < 1.29 is 18.0 Å². The molecule has 1 amide bonds. The number of hydrogen-bond donors (Lipinski definition) is 1. The number of benzene rings is 2. The zero-order chi connectivity index (χ0) is 22.3. The molecule has 3 aromatic rings. The third kappa shape index (κ3) is 3.86. The summed E-state index contributed by atoms with van der Waals surface area (Å²) in [4.78, 5) is 29.1. The average molecular weight is 456 g/mol. The highest BCUT2D eigenvalue weighted by molar-refractivity contribution is 7.92. The monoisotopic (exact) mass is 455 g/mol. The Morgan fingerprint density at radius 1 is 1.16 bits per heavy atom. The van der Waals surface area contributed by atoms with Crippen LogP contribution >= 0.6 is 11.3 Å². The van der Waals surface area contributed by atoms with Gasteiger partial charge in [0.05, 0.1) is 21.2 Å². The topological polar surface area (TPSA) is 96.4 Å². The van der Waals surface area contributed by atoms with Crippen LogP contribution in [0.2, 0.25) is 0 Å². The number of carbonyl (C=O) groups excluding carboxylic acids is 2. The predicted octanol–water partition coefficient (Wildman–Crippen LogP) is 4.05. The van der Waals surface area contributed by atoms with E-state index in [0.717, 1.165) is 16.9 Å². The highest BCUT2D eigenvalue weighted by atomic mass is 32.2. The Kier molecular flexibility index (Phi) is 5.40. The number of anilines is 2. The smallest absolute Gasteiger partial charge is 0.264 e. The largest absolute Gasteiger partial charge is 0.298 e. The lowest BCUT2D eigenvalue weighted by Crippen LogP contribution is -2.35. The maximum absolute atomic E-state index is 13.4. The number of aromatic nitrogens is 1. The summed E-state index contributed by atoms with van der Waals surface area (Å²) < 4.78 is 28.2. The minimum absolute atomic E-state index is 0.0449. The number of rotatable bonds is 5. The molecule has 1 aliphatic heterocycles. The summed E-state index contributed by atoms with van der Waals surface area (Å²) in [7, 11) is -3.85. The minimum atomic E-state index is -3.85. The first-order valence-electron chi connectivity index (χ1n) is 9.70. The highest BCUT2D eigenvalue weighted by Gasteiger charge is 2.36. The number of carbonyl (C=O) groups is 2. The van der Waals surface area contributed by atoms with Crippen LogP contribution in [0.15, 0.2) is 53.4 Å². The van der Waals surface area contributed by atoms with Gasteiger partial charge in [-0.25, -0.2) is 13.4 Å². The van der Waals surface area contributed by atoms with Crippen LogP contribution in [0.4, 0.5) is 10.8 Å². The van der Waals surface area contributed by atoms with Gasteiger partial charge in [0.15, 0.2) is 10.9 Å². The van der Waals surface area contributed by atoms with Crippen LogP contribution in [-0.4, -0.2) is 31.1 Å². The lowest BCUT2D eigenvalue weighted by atomic mass is 10.1. The van der Waals surface area contributed by atoms with Crippen molar-refractivity contribution >= 4 is 43.9 Å². The maximum Gasteiger partial charge on any atom is 0.264 e. The van der Waals surface area contributed by atoms with Crippen LogP contribution in [0.1, 0.15) is 45.1 Å². The predicted molar refractivity (Wildman–Crippen MR) is 121 cm³/mol. The first-order chi connectivity index (χ1) is 14.7. The van der Waals surface area contributed by atoms with E-state index in [9.17, 15) is 18.0 Å². The Hall–Kier alpha value is -3.04. The summed E-state index contributed by atoms with van der Waals surface area (Å²) in [6.07, 6.45) is 0.636. The standard InChI is InChI=1S/C22H21N3O4S2/c1-13-11-16-7-4-5-10-19(16)25(13)31(28,29)18-9-6-8-17(12-18)21(27)24-22-23-14(2)20(30-22)15(3)26/h4-10,12-13H,11H2,1-3H3,(H,23,24,27)/t13-/m1/s1. The van der Waals surface area contributed by atoms with Crippen molar-refractivity contribution in [1.29, 1.82) is 0 Å². The van der Waals surface area contributed by atoms with Gasteiger partial charge in [-0.3, -0.25) is 19.2 Å². The first-order valence-corrected chi connectivity index (χ1v) is 12.0. The van der Waals surface area contributed by atoms with E-state index in [0.29, 0.717) is 27.8 Å². The molecule has 4 rings (SSSR count). The number of ketones is 1. The van der Waals surface area contributed by atoms with Crippen LogP contribution in [0.3, 0.4) is 0 Å². The fourth-order valence-corrected chi connectivity index (χ4v) is 6.36. The zero-order valence-electron chi connectivity index (χ0n) is 17.2. The van der Waals surface area contributed by atoms with Crippen LogP contribution in [0.25, 0.3) is 0 Å². The zero-order valence-corrected chi connectivity index (χ0v) is 18.9. The van der Waals surface area contributed by atoms with Gasteiger partial charge < -0.3 is 0 Å². The molecule has 2 aromatic carbocycles. The van der Waals surface area contributed by atoms with Crippen LogP contribution in [-0.2, 0) is 16.4 Å². The quantitative estimate of drug-likeness (QED) is 0.586. The Morgan fingerprint density at radius 3 is 2.61 bits per heavy atom. The van der Waals surface area contributed by atoms with E-state index in [1.807, 2.05) is 25.1 Å². The second-order valence-corrected chi connectivity index (χ2v) is 10.3. The van der Waals surface area contributed by atoms with Gasteiger partial charge in [0.1, 0.15) is 0 Å². The van der Waals surface area contributed by atoms with E-state index in [4.69, 9.17) is 0 Å². The van der Waals surface area contributed by atoms with Crippen molar-refractivity contribution in [3.05, 3.63) is 70.2 Å². The second kappa shape index (κ2) is 7.90. The summed E-state index contributed by atoms with van der Waals surface area (Å²) >= 11 is 1.09. The Labute approximate surface area is 184 Å². The molecule has 2 heterocycles. The van der Waals surface area contributed by atoms with Crippen molar-refractivity contribution in [1.82, 2.24) is 4.98 Å². The van der Waals surface area contributed by atoms with Crippen molar-refractivity contribution in [2.45, 2.75) is 38.1 Å². The van der Waals surface area contributed by atoms with Gasteiger partial charge in [-0.1, -0.05) is 35.6 Å². The number of sulfonamides is 1. The van der Waals surface area contributed by atoms with E-state index in [2.05, 4.69) is 10.3 Å². The average Bonchev–Trinajstić information content (AvgIpc) is 3.26. The van der Waals surface area contributed by atoms with Gasteiger partial charge in [0, 0.05) is 18.5 Å². The molecule has 0 bridgehead atoms. The number of Topliss-reactive ketones (excluding diaryl/α,β-unsaturated/α-hetero) is 1. The molecule has 9 heteroatoms. The molecule has 1 aliphatic rings. The molecule has 1 atom stereocenters. The van der Waals surface area contributed by atoms with Gasteiger partial charge in [-0.05, 0) is 50.1 Å². The molecule has 0 spiro atoms. The minimum Gasteiger partial charge on any atom is -0.298 e. The summed E-state index contributed by atoms with van der Waals surface area (Å²) in [6.45, 7) is 5.01. The lowest BCUT2D eigenvalue weighted by Gasteiger charge is -2.24. The lowest BCUT2D eigenvalue weighted by molar-refractivity contribution is 0.101. The molecule has 31 heavy (non-hydrogen) atoms. The number of aryl methyl sites for hydroxylation is 1. The molecular weight excluding hydrogens is 434 g/mol. The molecule has 160 valence electrons. The van der Waals surface area contributed by atoms with Gasteiger partial charge in [0.25, 0.3) is 15.9 Å². The van der Waals surface area contributed by atoms with E-state index < -0.39 is 15.9 Å². The van der Waals surface area contributed by atoms with Gasteiger partial charge in [0.2, 0.25) is 0 Å². The van der Waals surface area contributed by atoms with Crippen molar-refractivity contribution in [3.63, 3.8) is 0 Å². The number of amides is 1. The number of fused-ring (bicyclic) bond motifs is 1. The summed E-state index contributed by atoms with van der Waals surface area (Å²) in [6, 6.07) is 13.2. The first kappa shape index (κ1) is 21.2. The number of para-hydroxylation sites is 1. The molecule has 0 radical (unpaired) electrons. The Bertz CT molecular complexity index is 1300. The molecule has 0 saturated heterocycles. The summed E-state index contributed by atoms with van der Waals surface area (Å²) in [5.41, 5.74) is 2.39. The summed E-state index contributed by atoms with van der Waals surface area (Å²) in [5.74, 6) is -0.612. The number of hydrogen-bond acceptors (Lipinski definition) is 6. The number of thiazole rings is 1. The molecule has 1 aromatic heterocycles. The highest BCUT2D eigenvalue weighted by Crippen LogP contribution is 2.36. The number of nitrogens with one attached hydrogen (secondary N) is 1. The fourth-order valence-electron chi connectivity index (χ4n) is 3.76. The molecule has 0 saturated carbocycles. The molecule has 1 N–H and O–H groups in total. The van der Waals surface area contributed by atoms with Crippen LogP contribution in [0, 0.1) is 6.92 Å². The van der Waals surface area contributed by atoms with Crippen molar-refractivity contribution in [2.75, 3.05) is 9.62 Å². The molecular formula is C22H21N3O4S2. The van der Waals surface area contributed by atoms with E-state index >= 15 is 0 Å². The van der Waals surface area contributed by atoms with Gasteiger partial charge in [-0.2, -0.15) is 0 Å². The van der Waals surface area contributed by atoms with E-state index in [-0.39, 0.29) is 22.3 Å². The normalized spacial score (nSPS) is 15.6. The second-order valence-electron chi connectivity index (χ2n) is 7.45. The van der Waals surface area contributed by atoms with E-state index in [1.165, 1.54) is 23.4 Å². The third-order valence-corrected chi connectivity index (χ3v) is 8.23. The SMILES string of the molecule is CC(=O)c1sc(NC(=O)c2cccc(S(=O)(=O)N3c4ccccc4C[C@H]3C)c2)nc1C. The fraction of sp³-hybridized carbons (Fsp3) is 0.227. The number of nitrogens with zero attached hydrogens (tertiary/aromatic N) is 2. The van der Waals surface area contributed by atoms with Gasteiger partial charge >= 0.3 is 0 Å². The maximum atomic E-state index is 13.4. The molecule has 7 nitrogen and oxygen atoms in total. The van der Waals surface area contributed by atoms with E-state index in [1.54, 1.807) is 25.1 Å². The van der Waals surface area contributed by atoms with Crippen LogP contribution < -0.4 is 9.62 Å². The van der Waals surface area contributed by atoms with Crippen LogP contribution in [0.5, 0.6) is 0 Å². The summed E-state index contributed by atoms with van der Waals surface area (Å²) in [5, 5.41) is 2.95. The molecule has 0 fully saturated rings. The molecule has 0 aliphatic carbocycles. The molecule has 0 unspecified atom stereocenters.